The second-order valence-corrected chi connectivity index (χ2v) is 4.32. The van der Waals surface area contributed by atoms with Crippen molar-refractivity contribution in [2.45, 2.75) is 26.0 Å². The van der Waals surface area contributed by atoms with E-state index < -0.39 is 6.10 Å². The van der Waals surface area contributed by atoms with Crippen LogP contribution in [0.4, 0.5) is 0 Å². The lowest BCUT2D eigenvalue weighted by molar-refractivity contribution is -0.135. The van der Waals surface area contributed by atoms with Gasteiger partial charge in [-0.25, -0.2) is 0 Å². The van der Waals surface area contributed by atoms with E-state index in [1.165, 1.54) is 4.90 Å². The lowest BCUT2D eigenvalue weighted by atomic mass is 10.1. The molecular formula is C13H20N2O2. The smallest absolute Gasteiger partial charge is 0.262 e. The van der Waals surface area contributed by atoms with Crippen LogP contribution in [0.25, 0.3) is 0 Å². The van der Waals surface area contributed by atoms with Crippen LogP contribution >= 0.6 is 0 Å². The van der Waals surface area contributed by atoms with Gasteiger partial charge in [-0.1, -0.05) is 18.2 Å². The summed E-state index contributed by atoms with van der Waals surface area (Å²) in [6, 6.07) is 7.40. The monoisotopic (exact) mass is 236 g/mol. The van der Waals surface area contributed by atoms with Crippen LogP contribution in [0.2, 0.25) is 0 Å². The van der Waals surface area contributed by atoms with Crippen molar-refractivity contribution in [3.8, 4) is 5.75 Å². The highest BCUT2D eigenvalue weighted by atomic mass is 16.5. The zero-order valence-electron chi connectivity index (χ0n) is 10.8. The molecular weight excluding hydrogens is 216 g/mol. The van der Waals surface area contributed by atoms with Gasteiger partial charge in [-0.2, -0.15) is 0 Å². The number of likely N-dealkylation sites (N-methyl/N-ethyl adjacent to an activating group) is 1. The minimum Gasteiger partial charge on any atom is -0.481 e. The first kappa shape index (κ1) is 13.5. The number of amides is 1. The Hall–Kier alpha value is -1.55. The summed E-state index contributed by atoms with van der Waals surface area (Å²) in [5, 5.41) is 0. The minimum absolute atomic E-state index is 0.0653. The molecule has 0 heterocycles. The van der Waals surface area contributed by atoms with Gasteiger partial charge in [0.05, 0.1) is 0 Å². The number of nitrogens with zero attached hydrogens (tertiary/aromatic N) is 1. The fraction of sp³-hybridized carbons (Fsp3) is 0.462. The second-order valence-electron chi connectivity index (χ2n) is 4.32. The van der Waals surface area contributed by atoms with Gasteiger partial charge in [-0.15, -0.1) is 0 Å². The number of hydrogen-bond donors (Lipinski definition) is 1. The third-order valence-electron chi connectivity index (χ3n) is 2.50. The van der Waals surface area contributed by atoms with Gasteiger partial charge < -0.3 is 15.4 Å². The molecule has 2 atom stereocenters. The third kappa shape index (κ3) is 3.46. The molecule has 1 aromatic rings. The Morgan fingerprint density at radius 3 is 2.41 bits per heavy atom. The Morgan fingerprint density at radius 1 is 1.29 bits per heavy atom. The van der Waals surface area contributed by atoms with Crippen LogP contribution in [0.1, 0.15) is 25.5 Å². The van der Waals surface area contributed by atoms with E-state index in [1.54, 1.807) is 21.0 Å². The summed E-state index contributed by atoms with van der Waals surface area (Å²) in [5.41, 5.74) is 6.76. The van der Waals surface area contributed by atoms with Crippen LogP contribution in [-0.2, 0) is 4.79 Å². The van der Waals surface area contributed by atoms with Crippen molar-refractivity contribution in [3.05, 3.63) is 29.8 Å². The average molecular weight is 236 g/mol. The number of rotatable bonds is 4. The first-order valence-corrected chi connectivity index (χ1v) is 5.65. The van der Waals surface area contributed by atoms with Crippen molar-refractivity contribution < 1.29 is 9.53 Å². The summed E-state index contributed by atoms with van der Waals surface area (Å²) in [4.78, 5) is 13.2. The minimum atomic E-state index is -0.509. The van der Waals surface area contributed by atoms with E-state index >= 15 is 0 Å². The van der Waals surface area contributed by atoms with E-state index in [9.17, 15) is 4.79 Å². The molecule has 0 radical (unpaired) electrons. The molecule has 1 aromatic carbocycles. The Kier molecular flexibility index (Phi) is 4.52. The van der Waals surface area contributed by atoms with Gasteiger partial charge in [-0.05, 0) is 19.9 Å². The number of ether oxygens (including phenoxy) is 1. The van der Waals surface area contributed by atoms with Gasteiger partial charge in [0.25, 0.3) is 5.91 Å². The van der Waals surface area contributed by atoms with E-state index in [-0.39, 0.29) is 11.9 Å². The van der Waals surface area contributed by atoms with E-state index in [0.29, 0.717) is 5.75 Å². The molecule has 0 aliphatic carbocycles. The van der Waals surface area contributed by atoms with Gasteiger partial charge in [0.15, 0.2) is 6.10 Å². The fourth-order valence-electron chi connectivity index (χ4n) is 1.57. The maximum atomic E-state index is 11.7. The number of benzene rings is 1. The molecule has 0 spiro atoms. The molecule has 1 unspecified atom stereocenters. The maximum Gasteiger partial charge on any atom is 0.262 e. The normalized spacial score (nSPS) is 13.9. The molecule has 4 heteroatoms. The predicted molar refractivity (Wildman–Crippen MR) is 67.8 cm³/mol. The molecule has 1 amide bonds. The molecule has 0 fully saturated rings. The average Bonchev–Trinajstić information content (AvgIpc) is 2.28. The van der Waals surface area contributed by atoms with E-state index in [1.807, 2.05) is 31.2 Å². The van der Waals surface area contributed by atoms with Crippen LogP contribution in [0.3, 0.4) is 0 Å². The zero-order valence-corrected chi connectivity index (χ0v) is 10.8. The number of para-hydroxylation sites is 1. The van der Waals surface area contributed by atoms with Crippen LogP contribution in [0.5, 0.6) is 5.75 Å². The molecule has 0 saturated heterocycles. The molecule has 0 aliphatic heterocycles. The number of carbonyl (C=O) groups excluding carboxylic acids is 1. The molecule has 17 heavy (non-hydrogen) atoms. The topological polar surface area (TPSA) is 55.6 Å². The standard InChI is InChI=1S/C13H20N2O2/c1-9(14)11-7-5-6-8-12(11)17-10(2)13(16)15(3)4/h5-10H,14H2,1-4H3/t9-,10?/m0/s1. The fourth-order valence-corrected chi connectivity index (χ4v) is 1.57. The summed E-state index contributed by atoms with van der Waals surface area (Å²) >= 11 is 0. The van der Waals surface area contributed by atoms with Crippen molar-refractivity contribution in [1.82, 2.24) is 4.90 Å². The summed E-state index contributed by atoms with van der Waals surface area (Å²) in [6.45, 7) is 3.63. The van der Waals surface area contributed by atoms with Gasteiger partial charge in [-0.3, -0.25) is 4.79 Å². The highest BCUT2D eigenvalue weighted by Gasteiger charge is 2.18. The van der Waals surface area contributed by atoms with Crippen molar-refractivity contribution in [2.24, 2.45) is 5.73 Å². The number of nitrogens with two attached hydrogens (primary N) is 1. The van der Waals surface area contributed by atoms with Crippen LogP contribution < -0.4 is 10.5 Å². The first-order chi connectivity index (χ1) is 7.93. The Morgan fingerprint density at radius 2 is 1.88 bits per heavy atom. The quantitative estimate of drug-likeness (QED) is 0.863. The van der Waals surface area contributed by atoms with Crippen molar-refractivity contribution in [2.75, 3.05) is 14.1 Å². The van der Waals surface area contributed by atoms with Gasteiger partial charge in [0.2, 0.25) is 0 Å². The molecule has 94 valence electrons. The lowest BCUT2D eigenvalue weighted by Crippen LogP contribution is -2.35. The van der Waals surface area contributed by atoms with Crippen LogP contribution in [-0.4, -0.2) is 31.0 Å². The Bertz CT molecular complexity index is 389. The molecule has 1 rings (SSSR count). The Labute approximate surface area is 102 Å². The van der Waals surface area contributed by atoms with E-state index in [2.05, 4.69) is 0 Å². The number of hydrogen-bond acceptors (Lipinski definition) is 3. The highest BCUT2D eigenvalue weighted by Crippen LogP contribution is 2.24. The first-order valence-electron chi connectivity index (χ1n) is 5.65. The van der Waals surface area contributed by atoms with Crippen LogP contribution in [0, 0.1) is 0 Å². The van der Waals surface area contributed by atoms with E-state index in [0.717, 1.165) is 5.56 Å². The van der Waals surface area contributed by atoms with Crippen molar-refractivity contribution in [1.29, 1.82) is 0 Å². The molecule has 0 aromatic heterocycles. The zero-order chi connectivity index (χ0) is 13.0. The van der Waals surface area contributed by atoms with Gasteiger partial charge in [0.1, 0.15) is 5.75 Å². The SMILES string of the molecule is CC(Oc1ccccc1[C@H](C)N)C(=O)N(C)C. The summed E-state index contributed by atoms with van der Waals surface area (Å²) in [7, 11) is 3.42. The number of carbonyl (C=O) groups is 1. The lowest BCUT2D eigenvalue weighted by Gasteiger charge is -2.20. The molecule has 0 aliphatic rings. The van der Waals surface area contributed by atoms with E-state index in [4.69, 9.17) is 10.5 Å². The second kappa shape index (κ2) is 5.68. The van der Waals surface area contributed by atoms with Crippen molar-refractivity contribution in [3.63, 3.8) is 0 Å². The molecule has 4 nitrogen and oxygen atoms in total. The largest absolute Gasteiger partial charge is 0.481 e. The highest BCUT2D eigenvalue weighted by molar-refractivity contribution is 5.80. The predicted octanol–water partition coefficient (Wildman–Crippen LogP) is 1.56. The summed E-state index contributed by atoms with van der Waals surface area (Å²) in [5.74, 6) is 0.606. The molecule has 0 saturated carbocycles. The maximum absolute atomic E-state index is 11.7. The Balaban J connectivity index is 2.85. The van der Waals surface area contributed by atoms with Gasteiger partial charge in [0, 0.05) is 25.7 Å². The molecule has 0 bridgehead atoms. The van der Waals surface area contributed by atoms with Crippen LogP contribution in [0.15, 0.2) is 24.3 Å². The van der Waals surface area contributed by atoms with Crippen molar-refractivity contribution >= 4 is 5.91 Å². The summed E-state index contributed by atoms with van der Waals surface area (Å²) < 4.78 is 5.66. The summed E-state index contributed by atoms with van der Waals surface area (Å²) in [6.07, 6.45) is -0.509. The van der Waals surface area contributed by atoms with Gasteiger partial charge >= 0.3 is 0 Å². The third-order valence-corrected chi connectivity index (χ3v) is 2.50. The molecule has 2 N–H and O–H groups in total.